The van der Waals surface area contributed by atoms with Crippen molar-refractivity contribution in [3.63, 3.8) is 0 Å². The molecule has 0 saturated carbocycles. The maximum atomic E-state index is 12.9. The summed E-state index contributed by atoms with van der Waals surface area (Å²) in [6, 6.07) is 4.36. The van der Waals surface area contributed by atoms with Crippen LogP contribution in [0.15, 0.2) is 35.3 Å². The normalized spacial score (nSPS) is 12.5. The van der Waals surface area contributed by atoms with Crippen LogP contribution in [-0.4, -0.2) is 0 Å². The van der Waals surface area contributed by atoms with Crippen molar-refractivity contribution < 1.29 is 4.39 Å². The molecule has 0 aromatic heterocycles. The second-order valence-electron chi connectivity index (χ2n) is 2.58. The van der Waals surface area contributed by atoms with Crippen molar-refractivity contribution in [3.8, 4) is 0 Å². The minimum Gasteiger partial charge on any atom is -0.271 e. The van der Waals surface area contributed by atoms with Crippen molar-refractivity contribution in [2.45, 2.75) is 6.04 Å². The predicted molar refractivity (Wildman–Crippen MR) is 54.4 cm³/mol. The SMILES string of the molecule is C=CC(NN)c1cc(F)cc(Br)c1. The van der Waals surface area contributed by atoms with E-state index in [1.165, 1.54) is 12.1 Å². The molecule has 1 rings (SSSR count). The summed E-state index contributed by atoms with van der Waals surface area (Å²) in [5.41, 5.74) is 3.26. The first-order valence-corrected chi connectivity index (χ1v) is 4.51. The summed E-state index contributed by atoms with van der Waals surface area (Å²) in [6.07, 6.45) is 1.61. The summed E-state index contributed by atoms with van der Waals surface area (Å²) < 4.78 is 13.6. The molecule has 0 aliphatic carbocycles. The summed E-state index contributed by atoms with van der Waals surface area (Å²) in [4.78, 5) is 0. The lowest BCUT2D eigenvalue weighted by Gasteiger charge is -2.11. The van der Waals surface area contributed by atoms with E-state index in [0.717, 1.165) is 5.56 Å². The second-order valence-corrected chi connectivity index (χ2v) is 3.50. The third-order valence-electron chi connectivity index (χ3n) is 1.66. The standard InChI is InChI=1S/C9H10BrFN2/c1-2-9(13-12)6-3-7(10)5-8(11)4-6/h2-5,9,13H,1,12H2. The van der Waals surface area contributed by atoms with Gasteiger partial charge in [0.2, 0.25) is 0 Å². The maximum absolute atomic E-state index is 12.9. The Morgan fingerprint density at radius 3 is 2.69 bits per heavy atom. The molecule has 0 bridgehead atoms. The molecular formula is C9H10BrFN2. The summed E-state index contributed by atoms with van der Waals surface area (Å²) >= 11 is 3.20. The van der Waals surface area contributed by atoms with Gasteiger partial charge in [-0.2, -0.15) is 0 Å². The van der Waals surface area contributed by atoms with Crippen molar-refractivity contribution >= 4 is 15.9 Å². The molecule has 0 aliphatic rings. The highest BCUT2D eigenvalue weighted by molar-refractivity contribution is 9.10. The molecule has 4 heteroatoms. The van der Waals surface area contributed by atoms with Crippen molar-refractivity contribution in [2.75, 3.05) is 0 Å². The van der Waals surface area contributed by atoms with E-state index in [4.69, 9.17) is 5.84 Å². The van der Waals surface area contributed by atoms with E-state index in [-0.39, 0.29) is 11.9 Å². The summed E-state index contributed by atoms with van der Waals surface area (Å²) in [5.74, 6) is 4.96. The molecule has 0 saturated heterocycles. The number of hydrogen-bond acceptors (Lipinski definition) is 2. The number of nitrogens with one attached hydrogen (secondary N) is 1. The van der Waals surface area contributed by atoms with E-state index < -0.39 is 0 Å². The highest BCUT2D eigenvalue weighted by atomic mass is 79.9. The number of hydrazine groups is 1. The topological polar surface area (TPSA) is 38.0 Å². The van der Waals surface area contributed by atoms with Crippen LogP contribution in [-0.2, 0) is 0 Å². The highest BCUT2D eigenvalue weighted by Gasteiger charge is 2.06. The quantitative estimate of drug-likeness (QED) is 0.487. The van der Waals surface area contributed by atoms with Crippen molar-refractivity contribution in [3.05, 3.63) is 46.7 Å². The van der Waals surface area contributed by atoms with Crippen LogP contribution >= 0.6 is 15.9 Å². The number of hydrogen-bond donors (Lipinski definition) is 2. The van der Waals surface area contributed by atoms with E-state index in [0.29, 0.717) is 4.47 Å². The van der Waals surface area contributed by atoms with Gasteiger partial charge in [0, 0.05) is 4.47 Å². The molecule has 1 atom stereocenters. The monoisotopic (exact) mass is 244 g/mol. The second kappa shape index (κ2) is 4.50. The fourth-order valence-corrected chi connectivity index (χ4v) is 1.54. The van der Waals surface area contributed by atoms with Gasteiger partial charge in [0.1, 0.15) is 5.82 Å². The minimum atomic E-state index is -0.300. The summed E-state index contributed by atoms with van der Waals surface area (Å²) in [6.45, 7) is 3.59. The molecule has 13 heavy (non-hydrogen) atoms. The predicted octanol–water partition coefficient (Wildman–Crippen LogP) is 2.28. The fraction of sp³-hybridized carbons (Fsp3) is 0.111. The summed E-state index contributed by atoms with van der Waals surface area (Å²) in [5, 5.41) is 0. The molecule has 1 aromatic rings. The lowest BCUT2D eigenvalue weighted by molar-refractivity contribution is 0.610. The molecule has 0 heterocycles. The van der Waals surface area contributed by atoms with Crippen molar-refractivity contribution in [1.82, 2.24) is 5.43 Å². The fourth-order valence-electron chi connectivity index (χ4n) is 1.06. The zero-order valence-electron chi connectivity index (χ0n) is 6.93. The molecule has 0 spiro atoms. The molecule has 70 valence electrons. The Bertz CT molecular complexity index is 294. The van der Waals surface area contributed by atoms with Crippen LogP contribution in [0.2, 0.25) is 0 Å². The van der Waals surface area contributed by atoms with Gasteiger partial charge in [0.15, 0.2) is 0 Å². The van der Waals surface area contributed by atoms with Crippen LogP contribution in [0.5, 0.6) is 0 Å². The smallest absolute Gasteiger partial charge is 0.124 e. The average Bonchev–Trinajstić information content (AvgIpc) is 2.04. The Morgan fingerprint density at radius 1 is 1.54 bits per heavy atom. The zero-order valence-corrected chi connectivity index (χ0v) is 8.51. The Kier molecular flexibility index (Phi) is 3.59. The number of halogens is 2. The number of rotatable bonds is 3. The van der Waals surface area contributed by atoms with Crippen LogP contribution in [0, 0.1) is 5.82 Å². The van der Waals surface area contributed by atoms with E-state index in [1.807, 2.05) is 0 Å². The molecular weight excluding hydrogens is 235 g/mol. The first-order chi connectivity index (χ1) is 6.17. The number of benzene rings is 1. The Labute approximate surface area is 84.7 Å². The van der Waals surface area contributed by atoms with Gasteiger partial charge < -0.3 is 0 Å². The molecule has 0 radical (unpaired) electrons. The van der Waals surface area contributed by atoms with Crippen molar-refractivity contribution in [2.24, 2.45) is 5.84 Å². The van der Waals surface area contributed by atoms with Crippen LogP contribution in [0.4, 0.5) is 4.39 Å². The molecule has 1 aromatic carbocycles. The maximum Gasteiger partial charge on any atom is 0.124 e. The molecule has 0 amide bonds. The zero-order chi connectivity index (χ0) is 9.84. The highest BCUT2D eigenvalue weighted by Crippen LogP contribution is 2.20. The summed E-state index contributed by atoms with van der Waals surface area (Å²) in [7, 11) is 0. The molecule has 1 unspecified atom stereocenters. The van der Waals surface area contributed by atoms with Gasteiger partial charge in [-0.05, 0) is 23.8 Å². The van der Waals surface area contributed by atoms with Crippen LogP contribution in [0.1, 0.15) is 11.6 Å². The van der Waals surface area contributed by atoms with Gasteiger partial charge in [-0.25, -0.2) is 9.82 Å². The van der Waals surface area contributed by atoms with Gasteiger partial charge >= 0.3 is 0 Å². The Hall–Kier alpha value is -0.710. The molecule has 3 N–H and O–H groups in total. The number of nitrogens with two attached hydrogens (primary N) is 1. The minimum absolute atomic E-state index is 0.230. The molecule has 0 fully saturated rings. The van der Waals surface area contributed by atoms with E-state index in [2.05, 4.69) is 27.9 Å². The molecule has 2 nitrogen and oxygen atoms in total. The van der Waals surface area contributed by atoms with E-state index >= 15 is 0 Å². The largest absolute Gasteiger partial charge is 0.271 e. The van der Waals surface area contributed by atoms with Crippen LogP contribution in [0.25, 0.3) is 0 Å². The van der Waals surface area contributed by atoms with E-state index in [1.54, 1.807) is 12.1 Å². The van der Waals surface area contributed by atoms with E-state index in [9.17, 15) is 4.39 Å². The third-order valence-corrected chi connectivity index (χ3v) is 2.12. The first-order valence-electron chi connectivity index (χ1n) is 3.72. The van der Waals surface area contributed by atoms with Crippen LogP contribution < -0.4 is 11.3 Å². The Balaban J connectivity index is 3.05. The van der Waals surface area contributed by atoms with Gasteiger partial charge in [0.05, 0.1) is 6.04 Å². The lowest BCUT2D eigenvalue weighted by Crippen LogP contribution is -2.26. The van der Waals surface area contributed by atoms with Gasteiger partial charge in [-0.3, -0.25) is 5.84 Å². The average molecular weight is 245 g/mol. The molecule has 0 aliphatic heterocycles. The Morgan fingerprint density at radius 2 is 2.23 bits per heavy atom. The van der Waals surface area contributed by atoms with Gasteiger partial charge in [-0.1, -0.05) is 22.0 Å². The van der Waals surface area contributed by atoms with Crippen molar-refractivity contribution in [1.29, 1.82) is 0 Å². The lowest BCUT2D eigenvalue weighted by atomic mass is 10.1. The van der Waals surface area contributed by atoms with Gasteiger partial charge in [-0.15, -0.1) is 6.58 Å². The third kappa shape index (κ3) is 2.62. The van der Waals surface area contributed by atoms with Gasteiger partial charge in [0.25, 0.3) is 0 Å². The first kappa shape index (κ1) is 10.4. The van der Waals surface area contributed by atoms with Crippen LogP contribution in [0.3, 0.4) is 0 Å².